The van der Waals surface area contributed by atoms with Crippen LogP contribution < -0.4 is 0 Å². The number of hydrogen-bond donors (Lipinski definition) is 0. The molecule has 0 spiro atoms. The van der Waals surface area contributed by atoms with E-state index in [1.807, 2.05) is 0 Å². The fraction of sp³-hybridized carbons (Fsp3) is 0.917. The summed E-state index contributed by atoms with van der Waals surface area (Å²) in [4.78, 5) is 11.8. The minimum Gasteiger partial charge on any atom is -0.299 e. The molecule has 4 heteroatoms. The standard InChI is InChI=1S/C12H20O3S/c1-2-16(14,15)5-3-4-12(13)11-7-9-6-10(9)8-11/h9-11H,2-8H2,1H3. The van der Waals surface area contributed by atoms with Crippen molar-refractivity contribution in [1.82, 2.24) is 0 Å². The van der Waals surface area contributed by atoms with E-state index in [9.17, 15) is 13.2 Å². The van der Waals surface area contributed by atoms with E-state index in [0.29, 0.717) is 18.6 Å². The summed E-state index contributed by atoms with van der Waals surface area (Å²) in [6.07, 6.45) is 4.45. The van der Waals surface area contributed by atoms with Gasteiger partial charge in [0, 0.05) is 18.1 Å². The lowest BCUT2D eigenvalue weighted by atomic mass is 9.96. The van der Waals surface area contributed by atoms with Crippen LogP contribution in [0.2, 0.25) is 0 Å². The molecule has 16 heavy (non-hydrogen) atoms. The molecular weight excluding hydrogens is 224 g/mol. The molecule has 0 heterocycles. The van der Waals surface area contributed by atoms with Crippen LogP contribution in [-0.4, -0.2) is 25.7 Å². The summed E-state index contributed by atoms with van der Waals surface area (Å²) in [6, 6.07) is 0. The molecule has 0 bridgehead atoms. The fourth-order valence-electron chi connectivity index (χ4n) is 2.79. The maximum atomic E-state index is 11.8. The topological polar surface area (TPSA) is 51.2 Å². The monoisotopic (exact) mass is 244 g/mol. The Labute approximate surface area is 97.5 Å². The molecule has 0 saturated heterocycles. The molecule has 0 radical (unpaired) electrons. The van der Waals surface area contributed by atoms with E-state index in [0.717, 1.165) is 24.7 Å². The van der Waals surface area contributed by atoms with Crippen LogP contribution in [0.1, 0.15) is 39.0 Å². The molecular formula is C12H20O3S. The van der Waals surface area contributed by atoms with Crippen LogP contribution in [0.15, 0.2) is 0 Å². The van der Waals surface area contributed by atoms with Gasteiger partial charge in [-0.3, -0.25) is 4.79 Å². The zero-order valence-corrected chi connectivity index (χ0v) is 10.6. The highest BCUT2D eigenvalue weighted by atomic mass is 32.2. The van der Waals surface area contributed by atoms with Crippen LogP contribution in [0.5, 0.6) is 0 Å². The van der Waals surface area contributed by atoms with Gasteiger partial charge in [-0.25, -0.2) is 8.42 Å². The Morgan fingerprint density at radius 3 is 2.38 bits per heavy atom. The Hall–Kier alpha value is -0.380. The first kappa shape index (κ1) is 12.1. The highest BCUT2D eigenvalue weighted by molar-refractivity contribution is 7.91. The molecule has 0 N–H and O–H groups in total. The highest BCUT2D eigenvalue weighted by Crippen LogP contribution is 2.54. The zero-order chi connectivity index (χ0) is 11.8. The second-order valence-corrected chi connectivity index (χ2v) is 7.70. The Morgan fingerprint density at radius 1 is 1.19 bits per heavy atom. The van der Waals surface area contributed by atoms with Gasteiger partial charge in [0.25, 0.3) is 0 Å². The molecule has 0 amide bonds. The number of rotatable bonds is 6. The van der Waals surface area contributed by atoms with E-state index in [1.54, 1.807) is 6.92 Å². The Morgan fingerprint density at radius 2 is 1.81 bits per heavy atom. The van der Waals surface area contributed by atoms with Crippen LogP contribution in [-0.2, 0) is 14.6 Å². The molecule has 92 valence electrons. The average Bonchev–Trinajstić information content (AvgIpc) is 2.85. The van der Waals surface area contributed by atoms with E-state index in [2.05, 4.69) is 0 Å². The summed E-state index contributed by atoms with van der Waals surface area (Å²) >= 11 is 0. The van der Waals surface area contributed by atoms with Crippen LogP contribution in [0, 0.1) is 17.8 Å². The van der Waals surface area contributed by atoms with Crippen molar-refractivity contribution in [2.75, 3.05) is 11.5 Å². The normalized spacial score (nSPS) is 32.4. The molecule has 0 aromatic carbocycles. The van der Waals surface area contributed by atoms with E-state index < -0.39 is 9.84 Å². The van der Waals surface area contributed by atoms with Gasteiger partial charge < -0.3 is 0 Å². The van der Waals surface area contributed by atoms with Crippen molar-refractivity contribution in [2.45, 2.75) is 39.0 Å². The molecule has 3 nitrogen and oxygen atoms in total. The quantitative estimate of drug-likeness (QED) is 0.716. The lowest BCUT2D eigenvalue weighted by Gasteiger charge is -2.09. The van der Waals surface area contributed by atoms with Gasteiger partial charge in [0.15, 0.2) is 0 Å². The zero-order valence-electron chi connectivity index (χ0n) is 9.81. The van der Waals surface area contributed by atoms with E-state index in [4.69, 9.17) is 0 Å². The lowest BCUT2D eigenvalue weighted by molar-refractivity contribution is -0.123. The fourth-order valence-corrected chi connectivity index (χ4v) is 3.67. The summed E-state index contributed by atoms with van der Waals surface area (Å²) in [7, 11) is -2.89. The predicted molar refractivity (Wildman–Crippen MR) is 62.9 cm³/mol. The molecule has 2 rings (SSSR count). The Bertz CT molecular complexity index is 362. The number of sulfone groups is 1. The summed E-state index contributed by atoms with van der Waals surface area (Å²) in [5.41, 5.74) is 0. The van der Waals surface area contributed by atoms with Gasteiger partial charge >= 0.3 is 0 Å². The molecule has 2 aliphatic carbocycles. The number of hydrogen-bond acceptors (Lipinski definition) is 3. The van der Waals surface area contributed by atoms with Crippen molar-refractivity contribution in [3.05, 3.63) is 0 Å². The number of carbonyl (C=O) groups excluding carboxylic acids is 1. The van der Waals surface area contributed by atoms with Crippen molar-refractivity contribution in [2.24, 2.45) is 17.8 Å². The van der Waals surface area contributed by atoms with E-state index in [-0.39, 0.29) is 17.4 Å². The molecule has 2 aliphatic rings. The van der Waals surface area contributed by atoms with Gasteiger partial charge in [-0.1, -0.05) is 6.92 Å². The minimum absolute atomic E-state index is 0.175. The average molecular weight is 244 g/mol. The third kappa shape index (κ3) is 2.84. The van der Waals surface area contributed by atoms with Gasteiger partial charge in [-0.15, -0.1) is 0 Å². The number of Topliss-reactive ketones (excluding diaryl/α,β-unsaturated/α-hetero) is 1. The molecule has 2 fully saturated rings. The molecule has 2 unspecified atom stereocenters. The van der Waals surface area contributed by atoms with Crippen LogP contribution in [0.25, 0.3) is 0 Å². The third-order valence-electron chi connectivity index (χ3n) is 4.02. The summed E-state index contributed by atoms with van der Waals surface area (Å²) in [5, 5.41) is 0. The summed E-state index contributed by atoms with van der Waals surface area (Å²) in [6.45, 7) is 1.65. The van der Waals surface area contributed by atoms with Gasteiger partial charge in [0.2, 0.25) is 0 Å². The van der Waals surface area contributed by atoms with Gasteiger partial charge in [0.05, 0.1) is 5.75 Å². The van der Waals surface area contributed by atoms with Crippen LogP contribution in [0.4, 0.5) is 0 Å². The van der Waals surface area contributed by atoms with Gasteiger partial charge in [0.1, 0.15) is 15.6 Å². The number of ketones is 1. The molecule has 2 atom stereocenters. The number of fused-ring (bicyclic) bond motifs is 1. The maximum Gasteiger partial charge on any atom is 0.150 e. The van der Waals surface area contributed by atoms with Crippen LogP contribution >= 0.6 is 0 Å². The molecule has 0 aromatic rings. The van der Waals surface area contributed by atoms with Crippen LogP contribution in [0.3, 0.4) is 0 Å². The van der Waals surface area contributed by atoms with Gasteiger partial charge in [-0.05, 0) is 37.5 Å². The number of carbonyl (C=O) groups is 1. The van der Waals surface area contributed by atoms with Crippen molar-refractivity contribution >= 4 is 15.6 Å². The smallest absolute Gasteiger partial charge is 0.150 e. The predicted octanol–water partition coefficient (Wildman–Crippen LogP) is 1.82. The van der Waals surface area contributed by atoms with Crippen molar-refractivity contribution in [3.63, 3.8) is 0 Å². The van der Waals surface area contributed by atoms with Crippen molar-refractivity contribution < 1.29 is 13.2 Å². The molecule has 2 saturated carbocycles. The largest absolute Gasteiger partial charge is 0.299 e. The lowest BCUT2D eigenvalue weighted by Crippen LogP contribution is -2.15. The second-order valence-electron chi connectivity index (χ2n) is 5.23. The summed E-state index contributed by atoms with van der Waals surface area (Å²) in [5.74, 6) is 2.58. The van der Waals surface area contributed by atoms with E-state index >= 15 is 0 Å². The Kier molecular flexibility index (Phi) is 3.38. The first-order valence-electron chi connectivity index (χ1n) is 6.25. The first-order chi connectivity index (χ1) is 7.52. The Balaban J connectivity index is 1.68. The van der Waals surface area contributed by atoms with E-state index in [1.165, 1.54) is 6.42 Å². The second kappa shape index (κ2) is 4.47. The minimum atomic E-state index is -2.89. The molecule has 0 aromatic heterocycles. The summed E-state index contributed by atoms with van der Waals surface area (Å²) < 4.78 is 22.5. The van der Waals surface area contributed by atoms with Gasteiger partial charge in [-0.2, -0.15) is 0 Å². The first-order valence-corrected chi connectivity index (χ1v) is 8.07. The van der Waals surface area contributed by atoms with Crippen molar-refractivity contribution in [1.29, 1.82) is 0 Å². The third-order valence-corrected chi connectivity index (χ3v) is 5.81. The van der Waals surface area contributed by atoms with Crippen molar-refractivity contribution in [3.8, 4) is 0 Å². The highest BCUT2D eigenvalue weighted by Gasteiger charge is 2.47. The maximum absolute atomic E-state index is 11.8. The molecule has 0 aliphatic heterocycles. The SMILES string of the molecule is CCS(=O)(=O)CCCC(=O)C1CC2CC2C1.